The Hall–Kier alpha value is -2.82. The normalized spacial score (nSPS) is 11.1. The zero-order valence-corrected chi connectivity index (χ0v) is 12.7. The molecule has 0 fully saturated rings. The Morgan fingerprint density at radius 3 is 1.82 bits per heavy atom. The fourth-order valence-electron chi connectivity index (χ4n) is 1.82. The Morgan fingerprint density at radius 1 is 0.955 bits per heavy atom. The molecule has 114 valence electrons. The molecule has 0 spiro atoms. The van der Waals surface area contributed by atoms with Gasteiger partial charge in [-0.05, 0) is 61.0 Å². The highest BCUT2D eigenvalue weighted by atomic mass is 16.7. The molecular weight excluding hydrogens is 278 g/mol. The number of amidine groups is 1. The summed E-state index contributed by atoms with van der Waals surface area (Å²) in [5.41, 5.74) is 7.98. The molecule has 0 aliphatic rings. The minimum absolute atomic E-state index is 0.111. The maximum absolute atomic E-state index is 7.53. The standard InChI is InChI=1S/C17H19N3O2/c1-12(18)13-3-7-15(8-4-13)21-11-22-16-9-5-14(6-10-16)17(19)20-2/h3-10,18H,11H2,1-2H3,(H2,19,20). The number of hydrogen-bond acceptors (Lipinski definition) is 4. The van der Waals surface area contributed by atoms with Crippen LogP contribution in [-0.4, -0.2) is 25.4 Å². The number of benzene rings is 2. The maximum Gasteiger partial charge on any atom is 0.230 e. The van der Waals surface area contributed by atoms with Gasteiger partial charge in [0.2, 0.25) is 6.79 Å². The molecule has 0 radical (unpaired) electrons. The molecule has 0 atom stereocenters. The van der Waals surface area contributed by atoms with E-state index in [0.29, 0.717) is 23.0 Å². The second-order valence-corrected chi connectivity index (χ2v) is 4.69. The van der Waals surface area contributed by atoms with Crippen LogP contribution in [0.2, 0.25) is 0 Å². The second-order valence-electron chi connectivity index (χ2n) is 4.69. The highest BCUT2D eigenvalue weighted by molar-refractivity contribution is 5.97. The van der Waals surface area contributed by atoms with Gasteiger partial charge in [-0.15, -0.1) is 0 Å². The predicted octanol–water partition coefficient (Wildman–Crippen LogP) is 2.82. The number of nitrogens with two attached hydrogens (primary N) is 1. The topological polar surface area (TPSA) is 80.7 Å². The predicted molar refractivity (Wildman–Crippen MR) is 88.2 cm³/mol. The number of nitrogens with zero attached hydrogens (tertiary/aromatic N) is 1. The van der Waals surface area contributed by atoms with E-state index < -0.39 is 0 Å². The molecule has 0 aliphatic heterocycles. The van der Waals surface area contributed by atoms with E-state index in [0.717, 1.165) is 11.1 Å². The molecule has 2 aromatic carbocycles. The molecule has 2 rings (SSSR count). The van der Waals surface area contributed by atoms with Crippen molar-refractivity contribution < 1.29 is 9.47 Å². The largest absolute Gasteiger partial charge is 0.458 e. The van der Waals surface area contributed by atoms with Crippen LogP contribution in [0.4, 0.5) is 0 Å². The van der Waals surface area contributed by atoms with Crippen LogP contribution in [0.15, 0.2) is 53.5 Å². The molecule has 2 aromatic rings. The molecular formula is C17H19N3O2. The van der Waals surface area contributed by atoms with Crippen molar-refractivity contribution >= 4 is 11.5 Å². The fourth-order valence-corrected chi connectivity index (χ4v) is 1.82. The van der Waals surface area contributed by atoms with E-state index in [4.69, 9.17) is 20.6 Å². The van der Waals surface area contributed by atoms with Gasteiger partial charge in [-0.3, -0.25) is 4.99 Å². The quantitative estimate of drug-likeness (QED) is 0.489. The minimum atomic E-state index is 0.111. The summed E-state index contributed by atoms with van der Waals surface area (Å²) in [5, 5.41) is 7.53. The SMILES string of the molecule is CN=C(N)c1ccc(OCOc2ccc(C(C)=N)cc2)cc1. The zero-order chi connectivity index (χ0) is 15.9. The molecule has 5 heteroatoms. The van der Waals surface area contributed by atoms with Gasteiger partial charge in [0.25, 0.3) is 0 Å². The van der Waals surface area contributed by atoms with Crippen molar-refractivity contribution in [2.24, 2.45) is 10.7 Å². The minimum Gasteiger partial charge on any atom is -0.458 e. The van der Waals surface area contributed by atoms with E-state index in [-0.39, 0.29) is 6.79 Å². The monoisotopic (exact) mass is 297 g/mol. The highest BCUT2D eigenvalue weighted by Gasteiger charge is 2.00. The first-order chi connectivity index (χ1) is 10.6. The van der Waals surface area contributed by atoms with Gasteiger partial charge < -0.3 is 20.6 Å². The van der Waals surface area contributed by atoms with Crippen LogP contribution in [0.1, 0.15) is 18.1 Å². The van der Waals surface area contributed by atoms with Gasteiger partial charge in [0.15, 0.2) is 0 Å². The van der Waals surface area contributed by atoms with Crippen LogP contribution in [0, 0.1) is 5.41 Å². The zero-order valence-electron chi connectivity index (χ0n) is 12.7. The van der Waals surface area contributed by atoms with Gasteiger partial charge in [-0.2, -0.15) is 0 Å². The lowest BCUT2D eigenvalue weighted by Gasteiger charge is -2.09. The van der Waals surface area contributed by atoms with E-state index >= 15 is 0 Å². The van der Waals surface area contributed by atoms with Crippen LogP contribution in [0.25, 0.3) is 0 Å². The number of rotatable bonds is 6. The first kappa shape index (κ1) is 15.6. The van der Waals surface area contributed by atoms with Crippen LogP contribution >= 0.6 is 0 Å². The molecule has 0 saturated carbocycles. The van der Waals surface area contributed by atoms with E-state index in [9.17, 15) is 0 Å². The van der Waals surface area contributed by atoms with Crippen molar-refractivity contribution in [2.45, 2.75) is 6.92 Å². The van der Waals surface area contributed by atoms with Crippen molar-refractivity contribution in [3.05, 3.63) is 59.7 Å². The second kappa shape index (κ2) is 7.26. The van der Waals surface area contributed by atoms with Crippen LogP contribution in [-0.2, 0) is 0 Å². The van der Waals surface area contributed by atoms with E-state index in [2.05, 4.69) is 4.99 Å². The fraction of sp³-hybridized carbons (Fsp3) is 0.176. The Bertz CT molecular complexity index is 661. The van der Waals surface area contributed by atoms with Crippen molar-refractivity contribution in [3.63, 3.8) is 0 Å². The van der Waals surface area contributed by atoms with Crippen molar-refractivity contribution in [1.82, 2.24) is 0 Å². The Balaban J connectivity index is 1.87. The summed E-state index contributed by atoms with van der Waals surface area (Å²) < 4.78 is 11.0. The van der Waals surface area contributed by atoms with Crippen LogP contribution < -0.4 is 15.2 Å². The lowest BCUT2D eigenvalue weighted by molar-refractivity contribution is 0.120. The molecule has 0 aliphatic carbocycles. The first-order valence-corrected chi connectivity index (χ1v) is 6.84. The lowest BCUT2D eigenvalue weighted by Crippen LogP contribution is -2.12. The molecule has 0 amide bonds. The first-order valence-electron chi connectivity index (χ1n) is 6.84. The summed E-state index contributed by atoms with van der Waals surface area (Å²) in [7, 11) is 1.65. The Morgan fingerprint density at radius 2 is 1.41 bits per heavy atom. The van der Waals surface area contributed by atoms with Gasteiger partial charge in [0.05, 0.1) is 0 Å². The highest BCUT2D eigenvalue weighted by Crippen LogP contribution is 2.15. The number of aliphatic imine (C=N–C) groups is 1. The van der Waals surface area contributed by atoms with Gasteiger partial charge in [0, 0.05) is 18.3 Å². The smallest absolute Gasteiger partial charge is 0.230 e. The van der Waals surface area contributed by atoms with Gasteiger partial charge in [-0.25, -0.2) is 0 Å². The molecule has 0 aromatic heterocycles. The number of nitrogens with one attached hydrogen (secondary N) is 1. The molecule has 5 nitrogen and oxygen atoms in total. The van der Waals surface area contributed by atoms with Crippen molar-refractivity contribution in [2.75, 3.05) is 13.8 Å². The third kappa shape index (κ3) is 4.09. The summed E-state index contributed by atoms with van der Waals surface area (Å²) in [5.74, 6) is 1.88. The number of hydrogen-bond donors (Lipinski definition) is 2. The molecule has 0 saturated heterocycles. The third-order valence-electron chi connectivity index (χ3n) is 3.13. The van der Waals surface area contributed by atoms with Crippen LogP contribution in [0.3, 0.4) is 0 Å². The van der Waals surface area contributed by atoms with Crippen molar-refractivity contribution in [3.8, 4) is 11.5 Å². The molecule has 0 unspecified atom stereocenters. The summed E-state index contributed by atoms with van der Waals surface area (Å²) >= 11 is 0. The average Bonchev–Trinajstić information content (AvgIpc) is 2.55. The van der Waals surface area contributed by atoms with E-state index in [1.165, 1.54) is 0 Å². The summed E-state index contributed by atoms with van der Waals surface area (Å²) in [6.07, 6.45) is 0. The summed E-state index contributed by atoms with van der Waals surface area (Å²) in [4.78, 5) is 3.92. The number of ether oxygens (including phenoxy) is 2. The molecule has 0 heterocycles. The Labute approximate surface area is 129 Å². The van der Waals surface area contributed by atoms with Crippen molar-refractivity contribution in [1.29, 1.82) is 5.41 Å². The summed E-state index contributed by atoms with van der Waals surface area (Å²) in [6.45, 7) is 1.86. The molecule has 3 N–H and O–H groups in total. The maximum atomic E-state index is 7.53. The molecule has 0 bridgehead atoms. The van der Waals surface area contributed by atoms with Gasteiger partial charge in [-0.1, -0.05) is 0 Å². The van der Waals surface area contributed by atoms with E-state index in [1.807, 2.05) is 48.5 Å². The average molecular weight is 297 g/mol. The van der Waals surface area contributed by atoms with Gasteiger partial charge >= 0.3 is 0 Å². The summed E-state index contributed by atoms with van der Waals surface area (Å²) in [6, 6.07) is 14.7. The van der Waals surface area contributed by atoms with Gasteiger partial charge in [0.1, 0.15) is 17.3 Å². The Kier molecular flexibility index (Phi) is 5.14. The van der Waals surface area contributed by atoms with E-state index in [1.54, 1.807) is 14.0 Å². The molecule has 22 heavy (non-hydrogen) atoms. The lowest BCUT2D eigenvalue weighted by atomic mass is 10.1. The third-order valence-corrected chi connectivity index (χ3v) is 3.13. The van der Waals surface area contributed by atoms with Crippen LogP contribution in [0.5, 0.6) is 11.5 Å².